The van der Waals surface area contributed by atoms with Crippen LogP contribution in [0.5, 0.6) is 0 Å². The van der Waals surface area contributed by atoms with E-state index in [1.165, 1.54) is 0 Å². The van der Waals surface area contributed by atoms with Gasteiger partial charge in [0.15, 0.2) is 0 Å². The van der Waals surface area contributed by atoms with Crippen LogP contribution in [0.15, 0.2) is 24.3 Å². The van der Waals surface area contributed by atoms with E-state index in [0.29, 0.717) is 26.0 Å². The number of ether oxygens (including phenoxy) is 1. The average molecular weight is 359 g/mol. The van der Waals surface area contributed by atoms with Gasteiger partial charge in [0.05, 0.1) is 0 Å². The first-order chi connectivity index (χ1) is 12.6. The Morgan fingerprint density at radius 1 is 1.31 bits per heavy atom. The van der Waals surface area contributed by atoms with Crippen molar-refractivity contribution in [1.82, 2.24) is 15.5 Å². The largest absolute Gasteiger partial charge is 0.385 e. The van der Waals surface area contributed by atoms with E-state index < -0.39 is 11.6 Å². The number of nitrogens with zero attached hydrogens (tertiary/aromatic N) is 1. The van der Waals surface area contributed by atoms with Gasteiger partial charge in [-0.15, -0.1) is 0 Å². The Balaban J connectivity index is 1.76. The van der Waals surface area contributed by atoms with Gasteiger partial charge in [-0.1, -0.05) is 24.3 Å². The minimum atomic E-state index is -1.04. The fourth-order valence-corrected chi connectivity index (χ4v) is 3.76. The number of rotatable bonds is 6. The molecule has 140 valence electrons. The molecule has 1 atom stereocenters. The SMILES string of the molecule is COCCCNC(=O)CN1C(=O)N[C@]2(CCCCc3ccccc32)C1=O. The van der Waals surface area contributed by atoms with E-state index in [1.807, 2.05) is 24.3 Å². The van der Waals surface area contributed by atoms with Gasteiger partial charge in [-0.05, 0) is 43.2 Å². The molecule has 1 heterocycles. The fourth-order valence-electron chi connectivity index (χ4n) is 3.76. The molecular weight excluding hydrogens is 334 g/mol. The van der Waals surface area contributed by atoms with Gasteiger partial charge in [0, 0.05) is 20.3 Å². The quantitative estimate of drug-likeness (QED) is 0.592. The topological polar surface area (TPSA) is 87.7 Å². The molecule has 0 saturated carbocycles. The average Bonchev–Trinajstić information content (AvgIpc) is 2.78. The second-order valence-electron chi connectivity index (χ2n) is 6.79. The third kappa shape index (κ3) is 3.44. The van der Waals surface area contributed by atoms with Crippen LogP contribution in [0.4, 0.5) is 4.79 Å². The molecule has 1 saturated heterocycles. The number of methoxy groups -OCH3 is 1. The van der Waals surface area contributed by atoms with Crippen molar-refractivity contribution >= 4 is 17.8 Å². The standard InChI is InChI=1S/C19H25N3O4/c1-26-12-6-11-20-16(23)13-22-17(24)19(21-18(22)25)10-5-4-8-14-7-2-3-9-15(14)19/h2-3,7,9H,4-6,8,10-13H2,1H3,(H,20,23)(H,21,25)/t19-/m0/s1. The van der Waals surface area contributed by atoms with E-state index >= 15 is 0 Å². The van der Waals surface area contributed by atoms with Crippen LogP contribution in [0.25, 0.3) is 0 Å². The van der Waals surface area contributed by atoms with Crippen LogP contribution in [-0.2, 0) is 26.3 Å². The van der Waals surface area contributed by atoms with Crippen molar-refractivity contribution in [2.45, 2.75) is 37.6 Å². The van der Waals surface area contributed by atoms with Crippen molar-refractivity contribution in [1.29, 1.82) is 0 Å². The van der Waals surface area contributed by atoms with Crippen LogP contribution in [0, 0.1) is 0 Å². The summed E-state index contributed by atoms with van der Waals surface area (Å²) in [5.74, 6) is -0.674. The van der Waals surface area contributed by atoms with Gasteiger partial charge >= 0.3 is 6.03 Å². The smallest absolute Gasteiger partial charge is 0.325 e. The summed E-state index contributed by atoms with van der Waals surface area (Å²) in [5, 5.41) is 5.60. The first kappa shape index (κ1) is 18.4. The maximum absolute atomic E-state index is 13.2. The second-order valence-corrected chi connectivity index (χ2v) is 6.79. The zero-order valence-corrected chi connectivity index (χ0v) is 15.0. The van der Waals surface area contributed by atoms with Crippen LogP contribution >= 0.6 is 0 Å². The number of fused-ring (bicyclic) bond motifs is 2. The molecule has 7 nitrogen and oxygen atoms in total. The predicted molar refractivity (Wildman–Crippen MR) is 95.4 cm³/mol. The van der Waals surface area contributed by atoms with Gasteiger partial charge in [-0.3, -0.25) is 14.5 Å². The highest BCUT2D eigenvalue weighted by Gasteiger charge is 2.53. The maximum atomic E-state index is 13.2. The first-order valence-electron chi connectivity index (χ1n) is 9.06. The summed E-state index contributed by atoms with van der Waals surface area (Å²) in [4.78, 5) is 38.8. The van der Waals surface area contributed by atoms with Gasteiger partial charge in [0.2, 0.25) is 5.91 Å². The Bertz CT molecular complexity index is 706. The third-order valence-corrected chi connectivity index (χ3v) is 5.05. The van der Waals surface area contributed by atoms with Crippen LogP contribution in [-0.4, -0.2) is 49.6 Å². The summed E-state index contributed by atoms with van der Waals surface area (Å²) in [6.45, 7) is 0.731. The van der Waals surface area contributed by atoms with Gasteiger partial charge in [-0.2, -0.15) is 0 Å². The Morgan fingerprint density at radius 2 is 2.12 bits per heavy atom. The number of nitrogens with one attached hydrogen (secondary N) is 2. The molecule has 2 N–H and O–H groups in total. The molecular formula is C19H25N3O4. The summed E-state index contributed by atoms with van der Waals surface area (Å²) < 4.78 is 4.93. The summed E-state index contributed by atoms with van der Waals surface area (Å²) in [5.41, 5.74) is 0.906. The van der Waals surface area contributed by atoms with E-state index in [9.17, 15) is 14.4 Å². The van der Waals surface area contributed by atoms with E-state index in [4.69, 9.17) is 4.74 Å². The maximum Gasteiger partial charge on any atom is 0.325 e. The molecule has 1 aliphatic heterocycles. The minimum Gasteiger partial charge on any atom is -0.385 e. The lowest BCUT2D eigenvalue weighted by molar-refractivity contribution is -0.135. The molecule has 1 aliphatic carbocycles. The number of urea groups is 1. The summed E-state index contributed by atoms with van der Waals surface area (Å²) in [6.07, 6.45) is 3.95. The first-order valence-corrected chi connectivity index (χ1v) is 9.06. The number of imide groups is 1. The molecule has 1 aromatic rings. The monoisotopic (exact) mass is 359 g/mol. The summed E-state index contributed by atoms with van der Waals surface area (Å²) in [6, 6.07) is 7.25. The van der Waals surface area contributed by atoms with Gasteiger partial charge < -0.3 is 15.4 Å². The zero-order chi connectivity index (χ0) is 18.6. The highest BCUT2D eigenvalue weighted by Crippen LogP contribution is 2.38. The second kappa shape index (κ2) is 7.86. The van der Waals surface area contributed by atoms with Crippen molar-refractivity contribution in [3.05, 3.63) is 35.4 Å². The summed E-state index contributed by atoms with van der Waals surface area (Å²) >= 11 is 0. The minimum absolute atomic E-state index is 0.262. The lowest BCUT2D eigenvalue weighted by atomic mass is 9.84. The highest BCUT2D eigenvalue weighted by atomic mass is 16.5. The van der Waals surface area contributed by atoms with Crippen molar-refractivity contribution in [2.24, 2.45) is 0 Å². The molecule has 0 aromatic heterocycles. The molecule has 0 bridgehead atoms. The third-order valence-electron chi connectivity index (χ3n) is 5.05. The number of hydrogen-bond acceptors (Lipinski definition) is 4. The Morgan fingerprint density at radius 3 is 2.92 bits per heavy atom. The number of benzene rings is 1. The number of amides is 4. The van der Waals surface area contributed by atoms with Crippen LogP contribution in [0.1, 0.15) is 36.8 Å². The van der Waals surface area contributed by atoms with E-state index in [-0.39, 0.29) is 18.4 Å². The molecule has 0 radical (unpaired) electrons. The molecule has 2 aliphatic rings. The molecule has 7 heteroatoms. The molecule has 1 fully saturated rings. The summed E-state index contributed by atoms with van der Waals surface area (Å²) in [7, 11) is 1.60. The fraction of sp³-hybridized carbons (Fsp3) is 0.526. The van der Waals surface area contributed by atoms with Gasteiger partial charge in [0.1, 0.15) is 12.1 Å². The lowest BCUT2D eigenvalue weighted by Gasteiger charge is -2.27. The molecule has 3 rings (SSSR count). The zero-order valence-electron chi connectivity index (χ0n) is 15.0. The number of aryl methyl sites for hydroxylation is 1. The lowest BCUT2D eigenvalue weighted by Crippen LogP contribution is -2.45. The van der Waals surface area contributed by atoms with Gasteiger partial charge in [-0.25, -0.2) is 4.79 Å². The van der Waals surface area contributed by atoms with Crippen molar-refractivity contribution in [3.63, 3.8) is 0 Å². The van der Waals surface area contributed by atoms with E-state index in [2.05, 4.69) is 10.6 Å². The molecule has 1 spiro atoms. The van der Waals surface area contributed by atoms with E-state index in [1.54, 1.807) is 7.11 Å². The normalized spacial score (nSPS) is 22.1. The molecule has 0 unspecified atom stereocenters. The number of hydrogen-bond donors (Lipinski definition) is 2. The molecule has 26 heavy (non-hydrogen) atoms. The highest BCUT2D eigenvalue weighted by molar-refractivity contribution is 6.09. The van der Waals surface area contributed by atoms with Crippen molar-refractivity contribution in [2.75, 3.05) is 26.8 Å². The van der Waals surface area contributed by atoms with Crippen LogP contribution in [0.2, 0.25) is 0 Å². The van der Waals surface area contributed by atoms with Gasteiger partial charge in [0.25, 0.3) is 5.91 Å². The molecule has 4 amide bonds. The number of carbonyl (C=O) groups excluding carboxylic acids is 3. The van der Waals surface area contributed by atoms with Crippen molar-refractivity contribution in [3.8, 4) is 0 Å². The molecule has 1 aromatic carbocycles. The Hall–Kier alpha value is -2.41. The predicted octanol–water partition coefficient (Wildman–Crippen LogP) is 1.31. The number of carbonyl (C=O) groups is 3. The van der Waals surface area contributed by atoms with Crippen LogP contribution < -0.4 is 10.6 Å². The van der Waals surface area contributed by atoms with Crippen LogP contribution in [0.3, 0.4) is 0 Å². The Labute approximate surface area is 153 Å². The van der Waals surface area contributed by atoms with Crippen molar-refractivity contribution < 1.29 is 19.1 Å². The Kier molecular flexibility index (Phi) is 5.56. The van der Waals surface area contributed by atoms with E-state index in [0.717, 1.165) is 35.3 Å².